The van der Waals surface area contributed by atoms with Crippen LogP contribution in [0.3, 0.4) is 0 Å². The van der Waals surface area contributed by atoms with E-state index in [9.17, 15) is 40.6 Å². The molecular weight excluding hydrogens is 740 g/mol. The summed E-state index contributed by atoms with van der Waals surface area (Å²) in [7, 11) is 0. The highest BCUT2D eigenvalue weighted by molar-refractivity contribution is 6.03. The molecular formula is C38H34F8N6O3. The van der Waals surface area contributed by atoms with E-state index >= 15 is 4.39 Å². The fraction of sp³-hybridized carbons (Fsp3) is 0.474. The highest BCUT2D eigenvalue weighted by atomic mass is 19.4. The van der Waals surface area contributed by atoms with Crippen LogP contribution in [0, 0.1) is 35.3 Å². The second-order valence-corrected chi connectivity index (χ2v) is 15.1. The van der Waals surface area contributed by atoms with Crippen LogP contribution in [0.15, 0.2) is 30.5 Å². The fourth-order valence-electron chi connectivity index (χ4n) is 8.46. The molecule has 8 rings (SSSR count). The number of carbonyl (C=O) groups excluding carboxylic acids is 1. The number of terminal acetylenes is 1. The number of phenolic OH excluding ortho intramolecular Hbond substituents is 1. The lowest BCUT2D eigenvalue weighted by atomic mass is 9.95. The molecule has 290 valence electrons. The zero-order chi connectivity index (χ0) is 39.0. The number of fused-ring (bicyclic) bond motifs is 4. The number of ether oxygens (including phenoxy) is 1. The zero-order valence-electron chi connectivity index (χ0n) is 29.2. The van der Waals surface area contributed by atoms with Crippen LogP contribution >= 0.6 is 0 Å². The van der Waals surface area contributed by atoms with Gasteiger partial charge in [0.1, 0.15) is 28.6 Å². The predicted molar refractivity (Wildman–Crippen MR) is 184 cm³/mol. The smallest absolute Gasteiger partial charge is 0.471 e. The number of rotatable bonds is 7. The Hall–Kier alpha value is -4.98. The Kier molecular flexibility index (Phi) is 8.97. The number of piperazine rings is 1. The van der Waals surface area contributed by atoms with E-state index in [0.29, 0.717) is 24.8 Å². The van der Waals surface area contributed by atoms with Gasteiger partial charge in [-0.25, -0.2) is 8.78 Å². The molecule has 3 saturated heterocycles. The number of piperidine rings is 1. The van der Waals surface area contributed by atoms with E-state index in [1.165, 1.54) is 24.4 Å². The molecule has 2 unspecified atom stereocenters. The van der Waals surface area contributed by atoms with Gasteiger partial charge in [-0.05, 0) is 75.2 Å². The number of aromatic nitrogens is 3. The van der Waals surface area contributed by atoms with Gasteiger partial charge >= 0.3 is 24.3 Å². The number of anilines is 1. The number of halogens is 8. The van der Waals surface area contributed by atoms with Crippen molar-refractivity contribution in [2.45, 2.75) is 63.0 Å². The van der Waals surface area contributed by atoms with E-state index in [1.807, 2.05) is 4.90 Å². The van der Waals surface area contributed by atoms with Crippen molar-refractivity contribution in [3.05, 3.63) is 47.7 Å². The Morgan fingerprint density at radius 1 is 1.00 bits per heavy atom. The number of pyridine rings is 1. The third-order valence-corrected chi connectivity index (χ3v) is 11.4. The molecule has 55 heavy (non-hydrogen) atoms. The molecule has 4 fully saturated rings. The number of hydrogen-bond acceptors (Lipinski definition) is 8. The average molecular weight is 775 g/mol. The summed E-state index contributed by atoms with van der Waals surface area (Å²) in [5.74, 6) is -2.88. The number of phenols is 1. The first kappa shape index (κ1) is 37.0. The van der Waals surface area contributed by atoms with Crippen molar-refractivity contribution in [3.63, 3.8) is 0 Å². The van der Waals surface area contributed by atoms with Crippen LogP contribution in [0.5, 0.6) is 11.8 Å². The van der Waals surface area contributed by atoms with Crippen molar-refractivity contribution < 1.29 is 49.8 Å². The lowest BCUT2D eigenvalue weighted by Gasteiger charge is -2.42. The van der Waals surface area contributed by atoms with Crippen LogP contribution in [0.4, 0.5) is 40.9 Å². The molecule has 3 aliphatic heterocycles. The Morgan fingerprint density at radius 2 is 1.69 bits per heavy atom. The fourth-order valence-corrected chi connectivity index (χ4v) is 8.46. The molecule has 17 heteroatoms. The predicted octanol–water partition coefficient (Wildman–Crippen LogP) is 6.99. The standard InChI is InChI=1S/C38H34F8N6O3/c1-2-25-28(39)6-3-20-13-24(53)14-26(29(20)25)31-30(40)32-27(15-47-31)33(51-16-22-4-5-23(17-51)52(22)34(54)38(44,45)46)49-35(48-32)55-19-36(9-10-36)18-50-11-7-21(8-12-50)37(41,42)43/h1,3,6,13-15,21-23,53H,4-5,7-12,16-19H2. The van der Waals surface area contributed by atoms with Gasteiger partial charge in [0.05, 0.1) is 35.6 Å². The number of benzene rings is 2. The minimum atomic E-state index is -5.06. The first-order valence-corrected chi connectivity index (χ1v) is 17.9. The molecule has 4 aliphatic rings. The van der Waals surface area contributed by atoms with Gasteiger partial charge in [-0.1, -0.05) is 12.0 Å². The number of alkyl halides is 6. The van der Waals surface area contributed by atoms with Crippen LogP contribution in [-0.4, -0.2) is 99.5 Å². The topological polar surface area (TPSA) is 94.9 Å². The van der Waals surface area contributed by atoms with Gasteiger partial charge in [-0.15, -0.1) is 6.42 Å². The largest absolute Gasteiger partial charge is 0.508 e. The van der Waals surface area contributed by atoms with Crippen LogP contribution in [0.2, 0.25) is 0 Å². The minimum absolute atomic E-state index is 0.000992. The molecule has 2 aromatic heterocycles. The highest BCUT2D eigenvalue weighted by Gasteiger charge is 2.52. The maximum absolute atomic E-state index is 16.9. The molecule has 0 radical (unpaired) electrons. The Bertz CT molecular complexity index is 2220. The second-order valence-electron chi connectivity index (χ2n) is 15.1. The van der Waals surface area contributed by atoms with E-state index in [-0.39, 0.29) is 96.3 Å². The zero-order valence-corrected chi connectivity index (χ0v) is 29.2. The molecule has 5 heterocycles. The van der Waals surface area contributed by atoms with Gasteiger partial charge in [0.2, 0.25) is 0 Å². The van der Waals surface area contributed by atoms with E-state index in [0.717, 1.165) is 23.8 Å². The van der Waals surface area contributed by atoms with E-state index in [2.05, 4.69) is 20.9 Å². The molecule has 1 saturated carbocycles. The maximum atomic E-state index is 16.9. The van der Waals surface area contributed by atoms with Crippen molar-refractivity contribution in [1.29, 1.82) is 0 Å². The summed E-state index contributed by atoms with van der Waals surface area (Å²) in [6.45, 7) is 1.02. The minimum Gasteiger partial charge on any atom is -0.508 e. The summed E-state index contributed by atoms with van der Waals surface area (Å²) in [4.78, 5) is 30.2. The van der Waals surface area contributed by atoms with Crippen LogP contribution < -0.4 is 9.64 Å². The van der Waals surface area contributed by atoms with Crippen LogP contribution in [0.1, 0.15) is 44.1 Å². The molecule has 1 N–H and O–H groups in total. The van der Waals surface area contributed by atoms with Gasteiger partial charge in [0.25, 0.3) is 0 Å². The summed E-state index contributed by atoms with van der Waals surface area (Å²) in [6, 6.07) is 3.19. The second kappa shape index (κ2) is 13.3. The molecule has 1 aliphatic carbocycles. The van der Waals surface area contributed by atoms with E-state index in [1.54, 1.807) is 4.90 Å². The molecule has 1 amide bonds. The summed E-state index contributed by atoms with van der Waals surface area (Å²) in [5.41, 5.74) is -1.20. The number of nitrogens with zero attached hydrogens (tertiary/aromatic N) is 6. The lowest BCUT2D eigenvalue weighted by molar-refractivity contribution is -0.188. The summed E-state index contributed by atoms with van der Waals surface area (Å²) >= 11 is 0. The van der Waals surface area contributed by atoms with E-state index < -0.39 is 53.3 Å². The Labute approximate surface area is 309 Å². The molecule has 2 atom stereocenters. The summed E-state index contributed by atoms with van der Waals surface area (Å²) < 4.78 is 118. The monoisotopic (exact) mass is 774 g/mol. The first-order chi connectivity index (χ1) is 26.0. The van der Waals surface area contributed by atoms with Crippen LogP contribution in [-0.2, 0) is 4.79 Å². The van der Waals surface area contributed by atoms with E-state index in [4.69, 9.17) is 11.2 Å². The highest BCUT2D eigenvalue weighted by Crippen LogP contribution is 2.48. The summed E-state index contributed by atoms with van der Waals surface area (Å²) in [5, 5.41) is 11.1. The third kappa shape index (κ3) is 6.82. The SMILES string of the molecule is C#Cc1c(F)ccc2cc(O)cc(-c3ncc4c(N5CC6CCC(C5)N6C(=O)C(F)(F)F)nc(OCC5(CN6CCC(C(F)(F)F)CC6)CC5)nc4c3F)c12. The average Bonchev–Trinajstić information content (AvgIpc) is 3.85. The number of likely N-dealkylation sites (tertiary alicyclic amines) is 1. The molecule has 4 aromatic rings. The molecule has 2 bridgehead atoms. The van der Waals surface area contributed by atoms with Gasteiger partial charge in [0.15, 0.2) is 5.82 Å². The van der Waals surface area contributed by atoms with Crippen molar-refractivity contribution in [3.8, 4) is 35.4 Å². The van der Waals surface area contributed by atoms with Gasteiger partial charge < -0.3 is 24.5 Å². The Morgan fingerprint density at radius 3 is 2.31 bits per heavy atom. The number of carbonyl (C=O) groups is 1. The first-order valence-electron chi connectivity index (χ1n) is 17.9. The Balaban J connectivity index is 1.16. The van der Waals surface area contributed by atoms with Gasteiger partial charge in [-0.3, -0.25) is 9.78 Å². The van der Waals surface area contributed by atoms with Crippen molar-refractivity contribution in [2.24, 2.45) is 11.3 Å². The van der Waals surface area contributed by atoms with Gasteiger partial charge in [0, 0.05) is 42.2 Å². The van der Waals surface area contributed by atoms with Crippen molar-refractivity contribution in [2.75, 3.05) is 44.2 Å². The van der Waals surface area contributed by atoms with Crippen molar-refractivity contribution >= 4 is 33.4 Å². The number of hydrogen-bond donors (Lipinski definition) is 1. The quantitative estimate of drug-likeness (QED) is 0.159. The lowest BCUT2D eigenvalue weighted by Crippen LogP contribution is -2.59. The number of aromatic hydroxyl groups is 1. The normalized spacial score (nSPS) is 21.7. The number of amides is 1. The van der Waals surface area contributed by atoms with Crippen molar-refractivity contribution in [1.82, 2.24) is 24.8 Å². The molecule has 9 nitrogen and oxygen atoms in total. The molecule has 2 aromatic carbocycles. The maximum Gasteiger partial charge on any atom is 0.471 e. The molecule has 0 spiro atoms. The van der Waals surface area contributed by atoms with Gasteiger partial charge in [-0.2, -0.15) is 36.3 Å². The van der Waals surface area contributed by atoms with Crippen LogP contribution in [0.25, 0.3) is 32.9 Å². The summed E-state index contributed by atoms with van der Waals surface area (Å²) in [6.07, 6.45) is -0.289. The third-order valence-electron chi connectivity index (χ3n) is 11.4.